The molecular weight excluding hydrogens is 318 g/mol. The zero-order chi connectivity index (χ0) is 15.7. The average Bonchev–Trinajstić information content (AvgIpc) is 2.99. The zero-order valence-corrected chi connectivity index (χ0v) is 14.4. The number of aromatic nitrogens is 2. The van der Waals surface area contributed by atoms with Gasteiger partial charge < -0.3 is 13.8 Å². The summed E-state index contributed by atoms with van der Waals surface area (Å²) in [5, 5.41) is 6.03. The first-order valence-corrected chi connectivity index (χ1v) is 8.42. The Kier molecular flexibility index (Phi) is 4.36. The Hall–Kier alpha value is -1.59. The minimum absolute atomic E-state index is 0.745. The van der Waals surface area contributed by atoms with E-state index in [1.807, 2.05) is 32.2 Å². The van der Waals surface area contributed by atoms with E-state index in [1.165, 1.54) is 17.3 Å². The Morgan fingerprint density at radius 1 is 1.41 bits per heavy atom. The smallest absolute Gasteiger partial charge is 0.182 e. The molecular formula is C16H18ClN3OS. The third-order valence-electron chi connectivity index (χ3n) is 3.67. The van der Waals surface area contributed by atoms with E-state index in [4.69, 9.17) is 16.1 Å². The van der Waals surface area contributed by atoms with Crippen LogP contribution in [0.15, 0.2) is 33.8 Å². The van der Waals surface area contributed by atoms with Gasteiger partial charge in [-0.05, 0) is 37.4 Å². The molecule has 0 spiro atoms. The zero-order valence-electron chi connectivity index (χ0n) is 12.8. The van der Waals surface area contributed by atoms with Crippen LogP contribution in [0.1, 0.15) is 24.7 Å². The van der Waals surface area contributed by atoms with Crippen molar-refractivity contribution in [2.75, 3.05) is 4.72 Å². The van der Waals surface area contributed by atoms with Crippen LogP contribution in [-0.2, 0) is 13.5 Å². The Labute approximate surface area is 138 Å². The number of halogens is 1. The fraction of sp³-hybridized carbons (Fsp3) is 0.312. The molecule has 0 bridgehead atoms. The molecule has 0 aliphatic carbocycles. The molecule has 0 amide bonds. The molecule has 6 heteroatoms. The van der Waals surface area contributed by atoms with Gasteiger partial charge >= 0.3 is 0 Å². The number of nitrogens with zero attached hydrogens (tertiary/aromatic N) is 2. The van der Waals surface area contributed by atoms with Crippen molar-refractivity contribution >= 4 is 40.3 Å². The minimum Gasteiger partial charge on any atom is -0.359 e. The second-order valence-corrected chi connectivity index (χ2v) is 6.58. The van der Waals surface area contributed by atoms with Crippen molar-refractivity contribution in [2.45, 2.75) is 31.6 Å². The summed E-state index contributed by atoms with van der Waals surface area (Å²) in [4.78, 5) is 1.13. The van der Waals surface area contributed by atoms with E-state index < -0.39 is 0 Å². The summed E-state index contributed by atoms with van der Waals surface area (Å²) in [6.45, 7) is 4.16. The quantitative estimate of drug-likeness (QED) is 0.651. The number of anilines is 1. The van der Waals surface area contributed by atoms with Crippen LogP contribution in [-0.4, -0.2) is 9.72 Å². The predicted molar refractivity (Wildman–Crippen MR) is 92.6 cm³/mol. The summed E-state index contributed by atoms with van der Waals surface area (Å²) in [5.74, 6) is 1.75. The van der Waals surface area contributed by atoms with Gasteiger partial charge in [-0.15, -0.1) is 0 Å². The highest BCUT2D eigenvalue weighted by Crippen LogP contribution is 2.32. The van der Waals surface area contributed by atoms with Crippen molar-refractivity contribution in [3.8, 4) is 0 Å². The number of aryl methyl sites for hydroxylation is 2. The van der Waals surface area contributed by atoms with E-state index in [0.29, 0.717) is 0 Å². The number of nitrogens with one attached hydrogen (secondary N) is 1. The lowest BCUT2D eigenvalue weighted by Crippen LogP contribution is -1.90. The van der Waals surface area contributed by atoms with Gasteiger partial charge in [-0.25, -0.2) is 0 Å². The van der Waals surface area contributed by atoms with Crippen LogP contribution in [0.5, 0.6) is 0 Å². The van der Waals surface area contributed by atoms with Crippen LogP contribution < -0.4 is 4.72 Å². The minimum atomic E-state index is 0.745. The summed E-state index contributed by atoms with van der Waals surface area (Å²) >= 11 is 7.61. The monoisotopic (exact) mass is 335 g/mol. The highest BCUT2D eigenvalue weighted by Gasteiger charge is 2.13. The second-order valence-electron chi connectivity index (χ2n) is 5.30. The summed E-state index contributed by atoms with van der Waals surface area (Å²) in [7, 11) is 2.02. The van der Waals surface area contributed by atoms with Gasteiger partial charge in [-0.3, -0.25) is 0 Å². The van der Waals surface area contributed by atoms with E-state index in [-0.39, 0.29) is 0 Å². The van der Waals surface area contributed by atoms with E-state index in [0.717, 1.165) is 45.4 Å². The van der Waals surface area contributed by atoms with Gasteiger partial charge in [-0.2, -0.15) is 0 Å². The fourth-order valence-corrected chi connectivity index (χ4v) is 3.49. The summed E-state index contributed by atoms with van der Waals surface area (Å²) in [6.07, 6.45) is 4.05. The van der Waals surface area contributed by atoms with Gasteiger partial charge in [-0.1, -0.05) is 29.7 Å². The SMILES string of the molecule is CCCc1onc(NSc2cn(C)c3cc(Cl)ccc23)c1C. The maximum Gasteiger partial charge on any atom is 0.182 e. The third kappa shape index (κ3) is 2.83. The highest BCUT2D eigenvalue weighted by atomic mass is 35.5. The van der Waals surface area contributed by atoms with Crippen molar-refractivity contribution in [3.05, 3.63) is 40.7 Å². The van der Waals surface area contributed by atoms with E-state index in [1.54, 1.807) is 0 Å². The van der Waals surface area contributed by atoms with Crippen molar-refractivity contribution in [1.82, 2.24) is 9.72 Å². The van der Waals surface area contributed by atoms with E-state index in [2.05, 4.69) is 27.6 Å². The molecule has 1 N–H and O–H groups in total. The number of hydrogen-bond donors (Lipinski definition) is 1. The van der Waals surface area contributed by atoms with E-state index in [9.17, 15) is 0 Å². The standard InChI is InChI=1S/C16H18ClN3OS/c1-4-5-14-10(2)16(18-21-14)19-22-15-9-20(3)13-8-11(17)6-7-12(13)15/h6-9H,4-5H2,1-3H3,(H,18,19). The first kappa shape index (κ1) is 15.3. The molecule has 0 radical (unpaired) electrons. The Morgan fingerprint density at radius 2 is 2.23 bits per heavy atom. The van der Waals surface area contributed by atoms with Crippen LogP contribution in [0.3, 0.4) is 0 Å². The van der Waals surface area contributed by atoms with Gasteiger partial charge in [0.15, 0.2) is 5.82 Å². The largest absolute Gasteiger partial charge is 0.359 e. The van der Waals surface area contributed by atoms with Crippen LogP contribution in [0.2, 0.25) is 5.02 Å². The predicted octanol–water partition coefficient (Wildman–Crippen LogP) is 5.20. The van der Waals surface area contributed by atoms with Gasteiger partial charge in [0.25, 0.3) is 0 Å². The molecule has 22 heavy (non-hydrogen) atoms. The molecule has 0 fully saturated rings. The van der Waals surface area contributed by atoms with Crippen LogP contribution in [0.4, 0.5) is 5.82 Å². The van der Waals surface area contributed by atoms with Gasteiger partial charge in [0.1, 0.15) is 5.76 Å². The molecule has 0 aliphatic rings. The normalized spacial score (nSPS) is 11.3. The second kappa shape index (κ2) is 6.26. The van der Waals surface area contributed by atoms with Gasteiger partial charge in [0.05, 0.1) is 10.4 Å². The molecule has 1 aromatic carbocycles. The molecule has 116 valence electrons. The van der Waals surface area contributed by atoms with Crippen LogP contribution in [0.25, 0.3) is 10.9 Å². The average molecular weight is 336 g/mol. The Balaban J connectivity index is 1.82. The van der Waals surface area contributed by atoms with E-state index >= 15 is 0 Å². The van der Waals surface area contributed by atoms with Gasteiger partial charge in [0.2, 0.25) is 0 Å². The van der Waals surface area contributed by atoms with Crippen LogP contribution >= 0.6 is 23.5 Å². The molecule has 2 heterocycles. The lowest BCUT2D eigenvalue weighted by Gasteiger charge is -2.01. The molecule has 3 aromatic rings. The number of rotatable bonds is 5. The number of hydrogen-bond acceptors (Lipinski definition) is 4. The Bertz CT molecular complexity index is 809. The van der Waals surface area contributed by atoms with Crippen molar-refractivity contribution in [3.63, 3.8) is 0 Å². The van der Waals surface area contributed by atoms with Crippen molar-refractivity contribution < 1.29 is 4.52 Å². The molecule has 0 atom stereocenters. The molecule has 3 rings (SSSR count). The lowest BCUT2D eigenvalue weighted by molar-refractivity contribution is 0.384. The number of fused-ring (bicyclic) bond motifs is 1. The maximum absolute atomic E-state index is 6.07. The topological polar surface area (TPSA) is 43.0 Å². The molecule has 2 aromatic heterocycles. The van der Waals surface area contributed by atoms with Crippen LogP contribution in [0, 0.1) is 6.92 Å². The first-order chi connectivity index (χ1) is 10.6. The molecule has 0 unspecified atom stereocenters. The fourth-order valence-electron chi connectivity index (χ4n) is 2.43. The molecule has 0 aliphatic heterocycles. The lowest BCUT2D eigenvalue weighted by atomic mass is 10.2. The summed E-state index contributed by atoms with van der Waals surface area (Å²) < 4.78 is 10.8. The molecule has 0 saturated heterocycles. The highest BCUT2D eigenvalue weighted by molar-refractivity contribution is 8.00. The Morgan fingerprint density at radius 3 is 3.00 bits per heavy atom. The summed E-state index contributed by atoms with van der Waals surface area (Å²) in [5.41, 5.74) is 2.19. The van der Waals surface area contributed by atoms with Crippen molar-refractivity contribution in [2.24, 2.45) is 7.05 Å². The van der Waals surface area contributed by atoms with Gasteiger partial charge in [0, 0.05) is 35.6 Å². The first-order valence-electron chi connectivity index (χ1n) is 7.22. The maximum atomic E-state index is 6.07. The third-order valence-corrected chi connectivity index (χ3v) is 4.75. The van der Waals surface area contributed by atoms with Crippen molar-refractivity contribution in [1.29, 1.82) is 0 Å². The summed E-state index contributed by atoms with van der Waals surface area (Å²) in [6, 6.07) is 5.93. The molecule has 0 saturated carbocycles. The molecule has 4 nitrogen and oxygen atoms in total. The number of benzene rings is 1.